The highest BCUT2D eigenvalue weighted by Gasteiger charge is 2.12. The Morgan fingerprint density at radius 3 is 2.21 bits per heavy atom. The van der Waals surface area contributed by atoms with Crippen molar-refractivity contribution in [2.24, 2.45) is 5.92 Å². The fourth-order valence-electron chi connectivity index (χ4n) is 0.565. The van der Waals surface area contributed by atoms with E-state index in [-0.39, 0.29) is 6.54 Å². The zero-order valence-corrected chi connectivity index (χ0v) is 7.59. The van der Waals surface area contributed by atoms with Gasteiger partial charge in [0.05, 0.1) is 12.5 Å². The number of halogens is 2. The highest BCUT2D eigenvalue weighted by molar-refractivity contribution is 5.75. The number of nitrogens with one attached hydrogen (secondary N) is 2. The minimum Gasteiger partial charge on any atom is -0.481 e. The molecule has 0 heterocycles. The molecule has 2 amide bonds. The zero-order chi connectivity index (χ0) is 11.1. The molecular formula is C7H12F2N2O3. The molecule has 0 aliphatic rings. The molecule has 0 aromatic heterocycles. The van der Waals surface area contributed by atoms with E-state index >= 15 is 0 Å². The monoisotopic (exact) mass is 210 g/mol. The third kappa shape index (κ3) is 6.15. The Hall–Kier alpha value is -1.40. The average Bonchev–Trinajstić information content (AvgIpc) is 2.10. The Morgan fingerprint density at radius 1 is 1.29 bits per heavy atom. The summed E-state index contributed by atoms with van der Waals surface area (Å²) in [5, 5.41) is 12.5. The highest BCUT2D eigenvalue weighted by Crippen LogP contribution is 1.91. The largest absolute Gasteiger partial charge is 0.481 e. The molecule has 0 aromatic carbocycles. The van der Waals surface area contributed by atoms with Crippen LogP contribution >= 0.6 is 0 Å². The van der Waals surface area contributed by atoms with Gasteiger partial charge in [-0.05, 0) is 0 Å². The molecule has 0 spiro atoms. The van der Waals surface area contributed by atoms with Crippen molar-refractivity contribution in [2.45, 2.75) is 13.3 Å². The molecule has 1 unspecified atom stereocenters. The minimum atomic E-state index is -2.61. The summed E-state index contributed by atoms with van der Waals surface area (Å²) in [6, 6.07) is -0.793. The number of hydrogen-bond acceptors (Lipinski definition) is 2. The lowest BCUT2D eigenvalue weighted by atomic mass is 10.2. The Kier molecular flexibility index (Phi) is 5.50. The van der Waals surface area contributed by atoms with E-state index in [1.54, 1.807) is 0 Å². The Bertz CT molecular complexity index is 211. The maximum Gasteiger partial charge on any atom is 0.315 e. The molecule has 0 bridgehead atoms. The van der Waals surface area contributed by atoms with Crippen molar-refractivity contribution < 1.29 is 23.5 Å². The molecule has 0 aromatic rings. The van der Waals surface area contributed by atoms with Gasteiger partial charge in [0.15, 0.2) is 0 Å². The number of carbonyl (C=O) groups is 2. The number of rotatable bonds is 5. The predicted molar refractivity (Wildman–Crippen MR) is 44.2 cm³/mol. The lowest BCUT2D eigenvalue weighted by Crippen LogP contribution is -2.40. The highest BCUT2D eigenvalue weighted by atomic mass is 19.3. The summed E-state index contributed by atoms with van der Waals surface area (Å²) >= 11 is 0. The minimum absolute atomic E-state index is 0.0929. The molecule has 0 saturated carbocycles. The van der Waals surface area contributed by atoms with Gasteiger partial charge in [-0.15, -0.1) is 0 Å². The van der Waals surface area contributed by atoms with Crippen molar-refractivity contribution in [3.05, 3.63) is 0 Å². The van der Waals surface area contributed by atoms with Crippen LogP contribution in [0.3, 0.4) is 0 Å². The third-order valence-corrected chi connectivity index (χ3v) is 1.41. The fraction of sp³-hybridized carbons (Fsp3) is 0.714. The lowest BCUT2D eigenvalue weighted by Gasteiger charge is -2.09. The summed E-state index contributed by atoms with van der Waals surface area (Å²) in [5.41, 5.74) is 0. The molecule has 14 heavy (non-hydrogen) atoms. The van der Waals surface area contributed by atoms with Crippen molar-refractivity contribution in [1.82, 2.24) is 10.6 Å². The molecule has 1 atom stereocenters. The van der Waals surface area contributed by atoms with Crippen LogP contribution in [0, 0.1) is 5.92 Å². The van der Waals surface area contributed by atoms with Gasteiger partial charge in [-0.2, -0.15) is 0 Å². The maximum atomic E-state index is 11.6. The second kappa shape index (κ2) is 6.11. The third-order valence-electron chi connectivity index (χ3n) is 1.41. The number of aliphatic carboxylic acids is 1. The van der Waals surface area contributed by atoms with E-state index < -0.39 is 30.9 Å². The summed E-state index contributed by atoms with van der Waals surface area (Å²) in [6.07, 6.45) is -2.61. The molecule has 0 aliphatic carbocycles. The van der Waals surface area contributed by atoms with Crippen LogP contribution in [0.15, 0.2) is 0 Å². The Labute approximate surface area is 79.5 Å². The number of hydrogen-bond donors (Lipinski definition) is 3. The van der Waals surface area contributed by atoms with Crippen LogP contribution in [0.1, 0.15) is 6.92 Å². The van der Waals surface area contributed by atoms with E-state index in [4.69, 9.17) is 5.11 Å². The van der Waals surface area contributed by atoms with Crippen LogP contribution in [0.25, 0.3) is 0 Å². The zero-order valence-electron chi connectivity index (χ0n) is 7.59. The number of alkyl halides is 2. The van der Waals surface area contributed by atoms with E-state index in [9.17, 15) is 18.4 Å². The van der Waals surface area contributed by atoms with E-state index in [0.717, 1.165) is 0 Å². The molecule has 82 valence electrons. The van der Waals surface area contributed by atoms with Gasteiger partial charge in [0, 0.05) is 6.54 Å². The lowest BCUT2D eigenvalue weighted by molar-refractivity contribution is -0.140. The van der Waals surface area contributed by atoms with Crippen molar-refractivity contribution in [3.8, 4) is 0 Å². The van der Waals surface area contributed by atoms with Gasteiger partial charge in [0.1, 0.15) is 0 Å². The molecule has 3 N–H and O–H groups in total. The summed E-state index contributed by atoms with van der Waals surface area (Å²) < 4.78 is 23.2. The van der Waals surface area contributed by atoms with Gasteiger partial charge in [0.25, 0.3) is 6.43 Å². The first kappa shape index (κ1) is 12.6. The summed E-state index contributed by atoms with van der Waals surface area (Å²) in [7, 11) is 0. The number of carboxylic acids is 1. The van der Waals surface area contributed by atoms with Crippen LogP contribution < -0.4 is 10.6 Å². The van der Waals surface area contributed by atoms with Crippen molar-refractivity contribution in [2.75, 3.05) is 13.1 Å². The molecule has 7 heteroatoms. The molecule has 5 nitrogen and oxygen atoms in total. The van der Waals surface area contributed by atoms with Crippen LogP contribution in [-0.4, -0.2) is 36.6 Å². The topological polar surface area (TPSA) is 78.4 Å². The summed E-state index contributed by atoms with van der Waals surface area (Å²) in [4.78, 5) is 21.0. The summed E-state index contributed by atoms with van der Waals surface area (Å²) in [5.74, 6) is -1.80. The number of amides is 2. The van der Waals surface area contributed by atoms with Crippen LogP contribution in [0.4, 0.5) is 13.6 Å². The van der Waals surface area contributed by atoms with E-state index in [0.29, 0.717) is 0 Å². The quantitative estimate of drug-likeness (QED) is 0.609. The van der Waals surface area contributed by atoms with Crippen LogP contribution in [0.5, 0.6) is 0 Å². The molecule has 0 saturated heterocycles. The van der Waals surface area contributed by atoms with E-state index in [2.05, 4.69) is 5.32 Å². The first-order valence-corrected chi connectivity index (χ1v) is 3.96. The molecule has 0 aliphatic heterocycles. The Morgan fingerprint density at radius 2 is 1.79 bits per heavy atom. The molecular weight excluding hydrogens is 198 g/mol. The van der Waals surface area contributed by atoms with Gasteiger partial charge in [-0.1, -0.05) is 6.92 Å². The maximum absolute atomic E-state index is 11.6. The van der Waals surface area contributed by atoms with Crippen LogP contribution in [-0.2, 0) is 4.79 Å². The fourth-order valence-corrected chi connectivity index (χ4v) is 0.565. The van der Waals surface area contributed by atoms with Gasteiger partial charge in [-0.3, -0.25) is 4.79 Å². The first-order chi connectivity index (χ1) is 6.43. The SMILES string of the molecule is CC(CNC(=O)NCC(F)F)C(=O)O. The molecule has 0 radical (unpaired) electrons. The molecule has 0 fully saturated rings. The second-order valence-electron chi connectivity index (χ2n) is 2.72. The van der Waals surface area contributed by atoms with Crippen molar-refractivity contribution in [3.63, 3.8) is 0 Å². The van der Waals surface area contributed by atoms with E-state index in [1.165, 1.54) is 6.92 Å². The number of urea groups is 1. The van der Waals surface area contributed by atoms with Gasteiger partial charge in [-0.25, -0.2) is 13.6 Å². The van der Waals surface area contributed by atoms with Crippen molar-refractivity contribution >= 4 is 12.0 Å². The van der Waals surface area contributed by atoms with Gasteiger partial charge in [0.2, 0.25) is 0 Å². The van der Waals surface area contributed by atoms with Crippen LogP contribution in [0.2, 0.25) is 0 Å². The molecule has 0 rings (SSSR count). The second-order valence-corrected chi connectivity index (χ2v) is 2.72. The standard InChI is InChI=1S/C7H12F2N2O3/c1-4(6(12)13)2-10-7(14)11-3-5(8)9/h4-5H,2-3H2,1H3,(H,12,13)(H2,10,11,14). The van der Waals surface area contributed by atoms with Crippen molar-refractivity contribution in [1.29, 1.82) is 0 Å². The van der Waals surface area contributed by atoms with E-state index in [1.807, 2.05) is 5.32 Å². The van der Waals surface area contributed by atoms with Gasteiger partial charge < -0.3 is 15.7 Å². The summed E-state index contributed by atoms with van der Waals surface area (Å²) in [6.45, 7) is 0.563. The number of carboxylic acid groups (broad SMARTS) is 1. The van der Waals surface area contributed by atoms with Gasteiger partial charge >= 0.3 is 12.0 Å². The smallest absolute Gasteiger partial charge is 0.315 e. The Balaban J connectivity index is 3.59. The number of carbonyl (C=O) groups excluding carboxylic acids is 1. The normalized spacial score (nSPS) is 12.3. The predicted octanol–water partition coefficient (Wildman–Crippen LogP) is 0.271. The average molecular weight is 210 g/mol. The first-order valence-electron chi connectivity index (χ1n) is 3.96.